The van der Waals surface area contributed by atoms with Crippen LogP contribution in [0.1, 0.15) is 25.0 Å². The Kier molecular flexibility index (Phi) is 5.40. The van der Waals surface area contributed by atoms with E-state index in [0.717, 1.165) is 5.56 Å². The number of amides is 1. The summed E-state index contributed by atoms with van der Waals surface area (Å²) < 4.78 is 29.1. The summed E-state index contributed by atoms with van der Waals surface area (Å²) in [6.45, 7) is 5.50. The third-order valence-corrected chi connectivity index (χ3v) is 5.66. The van der Waals surface area contributed by atoms with Crippen molar-refractivity contribution in [2.75, 3.05) is 11.9 Å². The maximum Gasteiger partial charge on any atom is 0.243 e. The first-order valence-corrected chi connectivity index (χ1v) is 9.04. The van der Waals surface area contributed by atoms with Crippen LogP contribution in [0, 0.1) is 6.92 Å². The molecule has 1 N–H and O–H groups in total. The Bertz CT molecular complexity index is 843. The van der Waals surface area contributed by atoms with Crippen LogP contribution in [0.3, 0.4) is 0 Å². The Labute approximate surface area is 142 Å². The van der Waals surface area contributed by atoms with Crippen LogP contribution in [-0.4, -0.2) is 35.0 Å². The second kappa shape index (κ2) is 7.14. The van der Waals surface area contributed by atoms with Crippen LogP contribution in [-0.2, 0) is 28.4 Å². The third kappa shape index (κ3) is 4.01. The quantitative estimate of drug-likeness (QED) is 0.862. The van der Waals surface area contributed by atoms with E-state index in [9.17, 15) is 13.2 Å². The molecule has 0 aliphatic carbocycles. The fourth-order valence-electron chi connectivity index (χ4n) is 2.42. The van der Waals surface area contributed by atoms with Crippen molar-refractivity contribution in [1.29, 1.82) is 0 Å². The molecule has 0 radical (unpaired) electrons. The number of anilines is 1. The summed E-state index contributed by atoms with van der Waals surface area (Å²) in [5.74, 6) is -0.245. The summed E-state index contributed by atoms with van der Waals surface area (Å²) in [5.41, 5.74) is 1.91. The number of aryl methyl sites for hydroxylation is 2. The zero-order valence-corrected chi connectivity index (χ0v) is 15.1. The molecule has 130 valence electrons. The van der Waals surface area contributed by atoms with Crippen molar-refractivity contribution in [3.63, 3.8) is 0 Å². The second-order valence-electron chi connectivity index (χ2n) is 5.61. The van der Waals surface area contributed by atoms with Crippen molar-refractivity contribution in [2.45, 2.75) is 32.2 Å². The van der Waals surface area contributed by atoms with Crippen molar-refractivity contribution < 1.29 is 13.2 Å². The van der Waals surface area contributed by atoms with Crippen molar-refractivity contribution in [3.8, 4) is 0 Å². The molecular weight excluding hydrogens is 328 g/mol. The lowest BCUT2D eigenvalue weighted by atomic mass is 10.2. The number of carbonyl (C=O) groups excluding carboxylic acids is 1. The van der Waals surface area contributed by atoms with Gasteiger partial charge in [0, 0.05) is 44.5 Å². The van der Waals surface area contributed by atoms with Gasteiger partial charge in [-0.25, -0.2) is 8.42 Å². The van der Waals surface area contributed by atoms with Gasteiger partial charge in [-0.15, -0.1) is 0 Å². The molecule has 1 aromatic carbocycles. The van der Waals surface area contributed by atoms with E-state index in [1.54, 1.807) is 50.1 Å². The average molecular weight is 350 g/mol. The molecule has 0 unspecified atom stereocenters. The minimum absolute atomic E-state index is 0.194. The van der Waals surface area contributed by atoms with E-state index in [0.29, 0.717) is 17.8 Å². The molecule has 0 aliphatic rings. The largest absolute Gasteiger partial charge is 0.326 e. The number of aromatic nitrogens is 2. The first-order chi connectivity index (χ1) is 11.2. The SMILES string of the molecule is CCN(Cc1cnn(C)c1)S(=O)(=O)c1cc(NC(C)=O)ccc1C. The molecule has 2 aromatic rings. The number of nitrogens with one attached hydrogen (secondary N) is 1. The molecule has 24 heavy (non-hydrogen) atoms. The molecule has 0 saturated heterocycles. The molecule has 0 saturated carbocycles. The number of sulfonamides is 1. The van der Waals surface area contributed by atoms with E-state index in [-0.39, 0.29) is 17.3 Å². The van der Waals surface area contributed by atoms with Crippen LogP contribution in [0.15, 0.2) is 35.5 Å². The number of benzene rings is 1. The maximum atomic E-state index is 13.0. The van der Waals surface area contributed by atoms with E-state index in [1.165, 1.54) is 17.3 Å². The lowest BCUT2D eigenvalue weighted by molar-refractivity contribution is -0.114. The van der Waals surface area contributed by atoms with Crippen LogP contribution < -0.4 is 5.32 Å². The van der Waals surface area contributed by atoms with Crippen LogP contribution in [0.4, 0.5) is 5.69 Å². The summed E-state index contributed by atoms with van der Waals surface area (Å²) >= 11 is 0. The molecule has 0 atom stereocenters. The number of hydrogen-bond acceptors (Lipinski definition) is 4. The molecule has 1 amide bonds. The van der Waals surface area contributed by atoms with Gasteiger partial charge in [0.05, 0.1) is 11.1 Å². The Hall–Kier alpha value is -2.19. The minimum Gasteiger partial charge on any atom is -0.326 e. The van der Waals surface area contributed by atoms with Gasteiger partial charge in [-0.05, 0) is 24.6 Å². The smallest absolute Gasteiger partial charge is 0.243 e. The van der Waals surface area contributed by atoms with E-state index >= 15 is 0 Å². The van der Waals surface area contributed by atoms with Crippen LogP contribution in [0.2, 0.25) is 0 Å². The van der Waals surface area contributed by atoms with Crippen LogP contribution in [0.25, 0.3) is 0 Å². The molecule has 0 aliphatic heterocycles. The van der Waals surface area contributed by atoms with Gasteiger partial charge in [-0.1, -0.05) is 13.0 Å². The highest BCUT2D eigenvalue weighted by Crippen LogP contribution is 2.24. The highest BCUT2D eigenvalue weighted by molar-refractivity contribution is 7.89. The average Bonchev–Trinajstić information content (AvgIpc) is 2.91. The third-order valence-electron chi connectivity index (χ3n) is 3.60. The first-order valence-electron chi connectivity index (χ1n) is 7.60. The van der Waals surface area contributed by atoms with E-state index in [2.05, 4.69) is 10.4 Å². The summed E-state index contributed by atoms with van der Waals surface area (Å²) in [6, 6.07) is 4.88. The molecule has 1 heterocycles. The predicted molar refractivity (Wildman–Crippen MR) is 92.0 cm³/mol. The lowest BCUT2D eigenvalue weighted by Crippen LogP contribution is -2.31. The standard InChI is InChI=1S/C16H22N4O3S/c1-5-20(11-14-9-17-19(4)10-14)24(22,23)16-8-15(18-13(3)21)7-6-12(16)2/h6-10H,5,11H2,1-4H3,(H,18,21). The van der Waals surface area contributed by atoms with Crippen LogP contribution in [0.5, 0.6) is 0 Å². The molecule has 0 bridgehead atoms. The van der Waals surface area contributed by atoms with Crippen molar-refractivity contribution in [1.82, 2.24) is 14.1 Å². The highest BCUT2D eigenvalue weighted by Gasteiger charge is 2.25. The van der Waals surface area contributed by atoms with E-state index < -0.39 is 10.0 Å². The van der Waals surface area contributed by atoms with Crippen molar-refractivity contribution in [2.24, 2.45) is 7.05 Å². The Balaban J connectivity index is 2.38. The number of rotatable bonds is 6. The highest BCUT2D eigenvalue weighted by atomic mass is 32.2. The number of nitrogens with zero attached hydrogens (tertiary/aromatic N) is 3. The number of hydrogen-bond donors (Lipinski definition) is 1. The van der Waals surface area contributed by atoms with Gasteiger partial charge in [0.15, 0.2) is 0 Å². The Morgan fingerprint density at radius 1 is 1.38 bits per heavy atom. The summed E-state index contributed by atoms with van der Waals surface area (Å²) in [6.07, 6.45) is 3.44. The van der Waals surface area contributed by atoms with Gasteiger partial charge >= 0.3 is 0 Å². The van der Waals surface area contributed by atoms with Crippen LogP contribution >= 0.6 is 0 Å². The first kappa shape index (κ1) is 18.2. The zero-order chi connectivity index (χ0) is 17.9. The molecule has 0 fully saturated rings. The summed E-state index contributed by atoms with van der Waals surface area (Å²) in [7, 11) is -1.90. The topological polar surface area (TPSA) is 84.3 Å². The van der Waals surface area contributed by atoms with Gasteiger partial charge in [0.1, 0.15) is 0 Å². The molecule has 2 rings (SSSR count). The van der Waals surface area contributed by atoms with Crippen molar-refractivity contribution in [3.05, 3.63) is 41.7 Å². The number of carbonyl (C=O) groups is 1. The fraction of sp³-hybridized carbons (Fsp3) is 0.375. The Morgan fingerprint density at radius 2 is 2.08 bits per heavy atom. The fourth-order valence-corrected chi connectivity index (χ4v) is 4.11. The molecular formula is C16H22N4O3S. The monoisotopic (exact) mass is 350 g/mol. The normalized spacial score (nSPS) is 11.7. The molecule has 1 aromatic heterocycles. The molecule has 0 spiro atoms. The second-order valence-corrected chi connectivity index (χ2v) is 7.52. The zero-order valence-electron chi connectivity index (χ0n) is 14.3. The minimum atomic E-state index is -3.68. The van der Waals surface area contributed by atoms with Gasteiger partial charge in [-0.3, -0.25) is 9.48 Å². The van der Waals surface area contributed by atoms with Gasteiger partial charge in [0.2, 0.25) is 15.9 Å². The lowest BCUT2D eigenvalue weighted by Gasteiger charge is -2.21. The maximum absolute atomic E-state index is 13.0. The van der Waals surface area contributed by atoms with E-state index in [4.69, 9.17) is 0 Å². The van der Waals surface area contributed by atoms with E-state index in [1.807, 2.05) is 0 Å². The van der Waals surface area contributed by atoms with Crippen molar-refractivity contribution >= 4 is 21.6 Å². The Morgan fingerprint density at radius 3 is 2.62 bits per heavy atom. The summed E-state index contributed by atoms with van der Waals surface area (Å²) in [5, 5.41) is 6.69. The van der Waals surface area contributed by atoms with Gasteiger partial charge in [0.25, 0.3) is 0 Å². The van der Waals surface area contributed by atoms with Gasteiger partial charge < -0.3 is 5.32 Å². The molecule has 8 heteroatoms. The predicted octanol–water partition coefficient (Wildman–Crippen LogP) is 1.90. The van der Waals surface area contributed by atoms with Gasteiger partial charge in [-0.2, -0.15) is 9.40 Å². The summed E-state index contributed by atoms with van der Waals surface area (Å²) in [4.78, 5) is 11.4. The molecule has 7 nitrogen and oxygen atoms in total.